The number of hydrogen-bond donors (Lipinski definition) is 2. The van der Waals surface area contributed by atoms with Crippen LogP contribution in [0.2, 0.25) is 0 Å². The third kappa shape index (κ3) is 2.57. The predicted octanol–water partition coefficient (Wildman–Crippen LogP) is 2.83. The second kappa shape index (κ2) is 5.55. The monoisotopic (exact) mass is 244 g/mol. The SMILES string of the molecule is c1cc(CNCC2CCCCO2)c2[nH]ccc2c1. The van der Waals surface area contributed by atoms with E-state index in [0.717, 1.165) is 19.7 Å². The molecule has 1 fully saturated rings. The number of H-pyrrole nitrogens is 1. The Hall–Kier alpha value is -1.32. The average molecular weight is 244 g/mol. The highest BCUT2D eigenvalue weighted by Crippen LogP contribution is 2.17. The third-order valence-electron chi connectivity index (χ3n) is 3.63. The van der Waals surface area contributed by atoms with Crippen LogP contribution in [-0.4, -0.2) is 24.2 Å². The summed E-state index contributed by atoms with van der Waals surface area (Å²) in [6.07, 6.45) is 6.12. The molecule has 0 radical (unpaired) electrons. The van der Waals surface area contributed by atoms with E-state index in [2.05, 4.69) is 34.6 Å². The van der Waals surface area contributed by atoms with Gasteiger partial charge >= 0.3 is 0 Å². The van der Waals surface area contributed by atoms with Gasteiger partial charge in [0.25, 0.3) is 0 Å². The Bertz CT molecular complexity index is 500. The summed E-state index contributed by atoms with van der Waals surface area (Å²) in [5.41, 5.74) is 2.57. The van der Waals surface area contributed by atoms with E-state index >= 15 is 0 Å². The highest BCUT2D eigenvalue weighted by atomic mass is 16.5. The molecule has 0 amide bonds. The van der Waals surface area contributed by atoms with Gasteiger partial charge in [0.2, 0.25) is 0 Å². The fourth-order valence-corrected chi connectivity index (χ4v) is 2.63. The molecule has 1 aliphatic rings. The quantitative estimate of drug-likeness (QED) is 0.867. The molecular weight excluding hydrogens is 224 g/mol. The van der Waals surface area contributed by atoms with Crippen molar-refractivity contribution in [2.45, 2.75) is 31.9 Å². The molecule has 2 heterocycles. The van der Waals surface area contributed by atoms with Crippen LogP contribution < -0.4 is 5.32 Å². The first-order valence-electron chi connectivity index (χ1n) is 6.81. The zero-order chi connectivity index (χ0) is 12.2. The van der Waals surface area contributed by atoms with Gasteiger partial charge in [-0.2, -0.15) is 0 Å². The van der Waals surface area contributed by atoms with Crippen LogP contribution in [0.15, 0.2) is 30.5 Å². The Morgan fingerprint density at radius 1 is 1.28 bits per heavy atom. The molecule has 1 aromatic heterocycles. The number of para-hydroxylation sites is 1. The van der Waals surface area contributed by atoms with Crippen molar-refractivity contribution in [2.75, 3.05) is 13.2 Å². The van der Waals surface area contributed by atoms with E-state index in [-0.39, 0.29) is 0 Å². The van der Waals surface area contributed by atoms with Crippen molar-refractivity contribution in [1.29, 1.82) is 0 Å². The maximum atomic E-state index is 5.72. The molecule has 1 atom stereocenters. The van der Waals surface area contributed by atoms with Crippen molar-refractivity contribution < 1.29 is 4.74 Å². The Kier molecular flexibility index (Phi) is 3.62. The molecule has 1 unspecified atom stereocenters. The summed E-state index contributed by atoms with van der Waals surface area (Å²) in [7, 11) is 0. The molecule has 0 saturated carbocycles. The summed E-state index contributed by atoms with van der Waals surface area (Å²) >= 11 is 0. The molecule has 1 aliphatic heterocycles. The molecule has 1 aromatic carbocycles. The van der Waals surface area contributed by atoms with Gasteiger partial charge in [0.15, 0.2) is 0 Å². The molecule has 0 spiro atoms. The van der Waals surface area contributed by atoms with E-state index in [1.165, 1.54) is 35.7 Å². The largest absolute Gasteiger partial charge is 0.377 e. The molecule has 3 rings (SSSR count). The van der Waals surface area contributed by atoms with Gasteiger partial charge in [0.05, 0.1) is 6.10 Å². The van der Waals surface area contributed by atoms with Gasteiger partial charge in [-0.1, -0.05) is 18.2 Å². The smallest absolute Gasteiger partial charge is 0.0699 e. The lowest BCUT2D eigenvalue weighted by Crippen LogP contribution is -2.31. The van der Waals surface area contributed by atoms with Crippen molar-refractivity contribution in [3.63, 3.8) is 0 Å². The van der Waals surface area contributed by atoms with Crippen LogP contribution in [0.1, 0.15) is 24.8 Å². The van der Waals surface area contributed by atoms with E-state index in [9.17, 15) is 0 Å². The Morgan fingerprint density at radius 2 is 2.28 bits per heavy atom. The van der Waals surface area contributed by atoms with Crippen LogP contribution in [-0.2, 0) is 11.3 Å². The van der Waals surface area contributed by atoms with Crippen LogP contribution >= 0.6 is 0 Å². The highest BCUT2D eigenvalue weighted by molar-refractivity contribution is 5.82. The van der Waals surface area contributed by atoms with E-state index in [1.54, 1.807) is 0 Å². The molecular formula is C15H20N2O. The average Bonchev–Trinajstić information content (AvgIpc) is 2.89. The minimum atomic E-state index is 0.404. The molecule has 2 N–H and O–H groups in total. The molecule has 96 valence electrons. The zero-order valence-corrected chi connectivity index (χ0v) is 10.6. The standard InChI is InChI=1S/C15H20N2O/c1-2-9-18-14(6-1)11-16-10-13-5-3-4-12-7-8-17-15(12)13/h3-5,7-8,14,16-17H,1-2,6,9-11H2. The van der Waals surface area contributed by atoms with Crippen molar-refractivity contribution in [3.05, 3.63) is 36.0 Å². The van der Waals surface area contributed by atoms with Crippen LogP contribution in [0.4, 0.5) is 0 Å². The molecule has 0 aliphatic carbocycles. The number of ether oxygens (including phenoxy) is 1. The number of nitrogens with one attached hydrogen (secondary N) is 2. The summed E-state index contributed by atoms with van der Waals surface area (Å²) in [6.45, 7) is 2.79. The first-order valence-corrected chi connectivity index (χ1v) is 6.81. The summed E-state index contributed by atoms with van der Waals surface area (Å²) in [5.74, 6) is 0. The van der Waals surface area contributed by atoms with Gasteiger partial charge in [0, 0.05) is 31.4 Å². The van der Waals surface area contributed by atoms with Crippen molar-refractivity contribution in [1.82, 2.24) is 10.3 Å². The summed E-state index contributed by atoms with van der Waals surface area (Å²) < 4.78 is 5.72. The molecule has 3 heteroatoms. The number of rotatable bonds is 4. The lowest BCUT2D eigenvalue weighted by atomic mass is 10.1. The van der Waals surface area contributed by atoms with Gasteiger partial charge in [-0.3, -0.25) is 0 Å². The number of aromatic amines is 1. The van der Waals surface area contributed by atoms with Gasteiger partial charge in [-0.15, -0.1) is 0 Å². The predicted molar refractivity (Wildman–Crippen MR) is 73.6 cm³/mol. The normalized spacial score (nSPS) is 20.3. The summed E-state index contributed by atoms with van der Waals surface area (Å²) in [4.78, 5) is 3.31. The maximum absolute atomic E-state index is 5.72. The number of benzene rings is 1. The molecule has 18 heavy (non-hydrogen) atoms. The first-order chi connectivity index (χ1) is 8.93. The number of hydrogen-bond acceptors (Lipinski definition) is 2. The van der Waals surface area contributed by atoms with Gasteiger partial charge in [-0.25, -0.2) is 0 Å². The molecule has 1 saturated heterocycles. The van der Waals surface area contributed by atoms with E-state index in [4.69, 9.17) is 4.74 Å². The molecule has 2 aromatic rings. The van der Waals surface area contributed by atoms with Crippen molar-refractivity contribution in [3.8, 4) is 0 Å². The fraction of sp³-hybridized carbons (Fsp3) is 0.467. The fourth-order valence-electron chi connectivity index (χ4n) is 2.63. The van der Waals surface area contributed by atoms with Crippen LogP contribution in [0.25, 0.3) is 10.9 Å². The second-order valence-electron chi connectivity index (χ2n) is 4.98. The lowest BCUT2D eigenvalue weighted by molar-refractivity contribution is 0.0168. The summed E-state index contributed by atoms with van der Waals surface area (Å²) in [6, 6.07) is 8.54. The minimum Gasteiger partial charge on any atom is -0.377 e. The second-order valence-corrected chi connectivity index (χ2v) is 4.98. The maximum Gasteiger partial charge on any atom is 0.0699 e. The van der Waals surface area contributed by atoms with Gasteiger partial charge in [-0.05, 0) is 36.3 Å². The summed E-state index contributed by atoms with van der Waals surface area (Å²) in [5, 5.41) is 4.79. The Balaban J connectivity index is 1.57. The van der Waals surface area contributed by atoms with Crippen molar-refractivity contribution >= 4 is 10.9 Å². The zero-order valence-electron chi connectivity index (χ0n) is 10.6. The van der Waals surface area contributed by atoms with E-state index in [1.807, 2.05) is 6.20 Å². The minimum absolute atomic E-state index is 0.404. The molecule has 0 bridgehead atoms. The highest BCUT2D eigenvalue weighted by Gasteiger charge is 2.13. The van der Waals surface area contributed by atoms with Gasteiger partial charge in [0.1, 0.15) is 0 Å². The van der Waals surface area contributed by atoms with Crippen LogP contribution in [0.5, 0.6) is 0 Å². The van der Waals surface area contributed by atoms with Crippen LogP contribution in [0, 0.1) is 0 Å². The van der Waals surface area contributed by atoms with E-state index in [0.29, 0.717) is 6.10 Å². The third-order valence-corrected chi connectivity index (χ3v) is 3.63. The molecule has 3 nitrogen and oxygen atoms in total. The topological polar surface area (TPSA) is 37.0 Å². The van der Waals surface area contributed by atoms with Crippen molar-refractivity contribution in [2.24, 2.45) is 0 Å². The van der Waals surface area contributed by atoms with Crippen LogP contribution in [0.3, 0.4) is 0 Å². The Morgan fingerprint density at radius 3 is 3.17 bits per heavy atom. The lowest BCUT2D eigenvalue weighted by Gasteiger charge is -2.22. The first kappa shape index (κ1) is 11.8. The Labute approximate surface area is 108 Å². The number of aromatic nitrogens is 1. The van der Waals surface area contributed by atoms with E-state index < -0.39 is 0 Å². The van der Waals surface area contributed by atoms with Gasteiger partial charge < -0.3 is 15.0 Å². The number of fused-ring (bicyclic) bond motifs is 1.